The van der Waals surface area contributed by atoms with Gasteiger partial charge in [0.15, 0.2) is 0 Å². The largest absolute Gasteiger partial charge is 0.507 e. The van der Waals surface area contributed by atoms with Gasteiger partial charge < -0.3 is 10.8 Å². The highest BCUT2D eigenvalue weighted by molar-refractivity contribution is 5.85. The summed E-state index contributed by atoms with van der Waals surface area (Å²) in [7, 11) is 0. The number of hydrogen-bond acceptors (Lipinski definition) is 3. The fourth-order valence-electron chi connectivity index (χ4n) is 1.47. The van der Waals surface area contributed by atoms with Gasteiger partial charge in [0.25, 0.3) is 0 Å². The van der Waals surface area contributed by atoms with Crippen molar-refractivity contribution >= 4 is 17.6 Å². The van der Waals surface area contributed by atoms with Crippen LogP contribution < -0.4 is 5.73 Å². The molecule has 2 aromatic rings. The molecule has 3 nitrogen and oxygen atoms in total. The first-order valence-corrected chi connectivity index (χ1v) is 5.34. The van der Waals surface area contributed by atoms with Gasteiger partial charge in [0.2, 0.25) is 0 Å². The normalized spacial score (nSPS) is 10.9. The number of aromatic hydroxyl groups is 1. The van der Waals surface area contributed by atoms with Gasteiger partial charge in [-0.2, -0.15) is 0 Å². The van der Waals surface area contributed by atoms with Crippen LogP contribution in [-0.2, 0) is 0 Å². The van der Waals surface area contributed by atoms with Crippen LogP contribution in [0, 0.1) is 6.92 Å². The number of anilines is 1. The van der Waals surface area contributed by atoms with Gasteiger partial charge >= 0.3 is 0 Å². The lowest BCUT2D eigenvalue weighted by atomic mass is 10.1. The molecular formula is C14H14N2O. The van der Waals surface area contributed by atoms with Gasteiger partial charge in [-0.15, -0.1) is 0 Å². The van der Waals surface area contributed by atoms with Crippen molar-refractivity contribution in [3.8, 4) is 5.75 Å². The van der Waals surface area contributed by atoms with E-state index in [1.165, 1.54) is 0 Å². The van der Waals surface area contributed by atoms with Crippen LogP contribution >= 0.6 is 0 Å². The van der Waals surface area contributed by atoms with Gasteiger partial charge in [-0.05, 0) is 48.9 Å². The van der Waals surface area contributed by atoms with Gasteiger partial charge in [-0.25, -0.2) is 0 Å². The third-order valence-electron chi connectivity index (χ3n) is 2.43. The molecule has 0 heterocycles. The topological polar surface area (TPSA) is 58.6 Å². The van der Waals surface area contributed by atoms with Crippen LogP contribution in [0.1, 0.15) is 11.1 Å². The van der Waals surface area contributed by atoms with Crippen LogP contribution in [0.2, 0.25) is 0 Å². The second-order valence-corrected chi connectivity index (χ2v) is 3.91. The summed E-state index contributed by atoms with van der Waals surface area (Å²) in [6, 6.07) is 12.7. The van der Waals surface area contributed by atoms with E-state index in [2.05, 4.69) is 4.99 Å². The predicted molar refractivity (Wildman–Crippen MR) is 71.0 cm³/mol. The number of nitrogen functional groups attached to an aromatic ring is 1. The van der Waals surface area contributed by atoms with Crippen LogP contribution in [0.4, 0.5) is 11.4 Å². The molecule has 0 aliphatic heterocycles. The molecule has 0 saturated heterocycles. The number of hydrogen-bond donors (Lipinski definition) is 2. The smallest absolute Gasteiger partial charge is 0.124 e. The number of rotatable bonds is 2. The second-order valence-electron chi connectivity index (χ2n) is 3.91. The third-order valence-corrected chi connectivity index (χ3v) is 2.43. The Morgan fingerprint density at radius 2 is 1.82 bits per heavy atom. The van der Waals surface area contributed by atoms with Crippen LogP contribution in [0.15, 0.2) is 47.5 Å². The van der Waals surface area contributed by atoms with Crippen molar-refractivity contribution < 1.29 is 5.11 Å². The lowest BCUT2D eigenvalue weighted by Gasteiger charge is -2.00. The number of benzene rings is 2. The molecule has 3 N–H and O–H groups in total. The third kappa shape index (κ3) is 2.84. The van der Waals surface area contributed by atoms with Crippen molar-refractivity contribution in [3.63, 3.8) is 0 Å². The molecule has 3 heteroatoms. The maximum absolute atomic E-state index is 9.70. The van der Waals surface area contributed by atoms with Gasteiger partial charge in [0.05, 0.1) is 5.69 Å². The minimum Gasteiger partial charge on any atom is -0.507 e. The highest BCUT2D eigenvalue weighted by Crippen LogP contribution is 2.18. The molecule has 0 unspecified atom stereocenters. The molecule has 0 bridgehead atoms. The van der Waals surface area contributed by atoms with E-state index >= 15 is 0 Å². The summed E-state index contributed by atoms with van der Waals surface area (Å²) in [6.07, 6.45) is 1.64. The van der Waals surface area contributed by atoms with E-state index < -0.39 is 0 Å². The molecule has 0 aliphatic carbocycles. The predicted octanol–water partition coefficient (Wildman–Crippen LogP) is 3.03. The van der Waals surface area contributed by atoms with Gasteiger partial charge in [0.1, 0.15) is 5.75 Å². The molecule has 2 rings (SSSR count). The van der Waals surface area contributed by atoms with Crippen molar-refractivity contribution in [3.05, 3.63) is 53.6 Å². The molecule has 86 valence electrons. The fraction of sp³-hybridized carbons (Fsp3) is 0.0714. The Hall–Kier alpha value is -2.29. The average molecular weight is 226 g/mol. The Labute approximate surface area is 100 Å². The lowest BCUT2D eigenvalue weighted by Crippen LogP contribution is -1.84. The summed E-state index contributed by atoms with van der Waals surface area (Å²) in [5.41, 5.74) is 8.82. The Morgan fingerprint density at radius 1 is 1.12 bits per heavy atom. The van der Waals surface area contributed by atoms with Crippen molar-refractivity contribution in [2.45, 2.75) is 6.92 Å². The van der Waals surface area contributed by atoms with E-state index in [0.29, 0.717) is 11.3 Å². The number of phenolic OH excluding ortho intramolecular Hbond substituents is 1. The maximum atomic E-state index is 9.70. The fourth-order valence-corrected chi connectivity index (χ4v) is 1.47. The van der Waals surface area contributed by atoms with Gasteiger partial charge in [-0.1, -0.05) is 6.07 Å². The molecule has 0 aromatic heterocycles. The summed E-state index contributed by atoms with van der Waals surface area (Å²) in [6.45, 7) is 1.93. The molecule has 0 amide bonds. The highest BCUT2D eigenvalue weighted by Gasteiger charge is 1.97. The molecule has 0 fully saturated rings. The zero-order valence-corrected chi connectivity index (χ0v) is 9.59. The summed E-state index contributed by atoms with van der Waals surface area (Å²) in [5, 5.41) is 9.70. The summed E-state index contributed by atoms with van der Waals surface area (Å²) in [5.74, 6) is 0.240. The quantitative estimate of drug-likeness (QED) is 0.610. The first-order chi connectivity index (χ1) is 8.15. The zero-order valence-electron chi connectivity index (χ0n) is 9.59. The molecule has 0 atom stereocenters. The van der Waals surface area contributed by atoms with E-state index in [1.54, 1.807) is 24.4 Å². The highest BCUT2D eigenvalue weighted by atomic mass is 16.3. The van der Waals surface area contributed by atoms with Crippen molar-refractivity contribution in [1.82, 2.24) is 0 Å². The summed E-state index contributed by atoms with van der Waals surface area (Å²) >= 11 is 0. The number of nitrogens with two attached hydrogens (primary N) is 1. The molecule has 0 saturated carbocycles. The van der Waals surface area contributed by atoms with E-state index in [0.717, 1.165) is 11.3 Å². The second kappa shape index (κ2) is 4.70. The number of aliphatic imine (C=N–C) groups is 1. The van der Waals surface area contributed by atoms with E-state index in [4.69, 9.17) is 5.73 Å². The van der Waals surface area contributed by atoms with Crippen LogP contribution in [0.5, 0.6) is 5.75 Å². The average Bonchev–Trinajstić information content (AvgIpc) is 2.30. The lowest BCUT2D eigenvalue weighted by molar-refractivity contribution is 0.474. The zero-order chi connectivity index (χ0) is 12.3. The van der Waals surface area contributed by atoms with Crippen molar-refractivity contribution in [1.29, 1.82) is 0 Å². The van der Waals surface area contributed by atoms with E-state index in [9.17, 15) is 5.11 Å². The first kappa shape index (κ1) is 11.2. The SMILES string of the molecule is Cc1ccc(/C=N/c2ccc(N)cc2)c(O)c1. The molecule has 2 aromatic carbocycles. The van der Waals surface area contributed by atoms with Crippen LogP contribution in [0.25, 0.3) is 0 Å². The maximum Gasteiger partial charge on any atom is 0.124 e. The molecule has 0 spiro atoms. The van der Waals surface area contributed by atoms with E-state index in [-0.39, 0.29) is 5.75 Å². The monoisotopic (exact) mass is 226 g/mol. The minimum absolute atomic E-state index is 0.240. The Kier molecular flexibility index (Phi) is 3.10. The molecular weight excluding hydrogens is 212 g/mol. The number of nitrogens with zero attached hydrogens (tertiary/aromatic N) is 1. The number of phenols is 1. The Bertz CT molecular complexity index is 545. The van der Waals surface area contributed by atoms with Gasteiger partial charge in [0, 0.05) is 17.5 Å². The first-order valence-electron chi connectivity index (χ1n) is 5.34. The summed E-state index contributed by atoms with van der Waals surface area (Å²) in [4.78, 5) is 4.27. The number of aryl methyl sites for hydroxylation is 1. The Balaban J connectivity index is 2.23. The molecule has 17 heavy (non-hydrogen) atoms. The van der Waals surface area contributed by atoms with Crippen LogP contribution in [-0.4, -0.2) is 11.3 Å². The van der Waals surface area contributed by atoms with E-state index in [1.807, 2.05) is 31.2 Å². The Morgan fingerprint density at radius 3 is 2.47 bits per heavy atom. The van der Waals surface area contributed by atoms with Crippen LogP contribution in [0.3, 0.4) is 0 Å². The van der Waals surface area contributed by atoms with Gasteiger partial charge in [-0.3, -0.25) is 4.99 Å². The van der Waals surface area contributed by atoms with Crippen molar-refractivity contribution in [2.75, 3.05) is 5.73 Å². The summed E-state index contributed by atoms with van der Waals surface area (Å²) < 4.78 is 0. The minimum atomic E-state index is 0.240. The standard InChI is InChI=1S/C14H14N2O/c1-10-2-3-11(14(17)8-10)9-16-13-6-4-12(15)5-7-13/h2-9,17H,15H2,1H3/b16-9+. The molecule has 0 aliphatic rings. The van der Waals surface area contributed by atoms with Crippen molar-refractivity contribution in [2.24, 2.45) is 4.99 Å². The molecule has 0 radical (unpaired) electrons.